The number of ether oxygens (including phenoxy) is 1. The van der Waals surface area contributed by atoms with Crippen LogP contribution in [0.15, 0.2) is 46.4 Å². The lowest BCUT2D eigenvalue weighted by Gasteiger charge is -2.12. The Balaban J connectivity index is 2.35. The third-order valence-corrected chi connectivity index (χ3v) is 3.93. The van der Waals surface area contributed by atoms with E-state index in [1.165, 1.54) is 6.07 Å². The normalized spacial score (nSPS) is 17.1. The number of carbonyl (C=O) groups excluding carboxylic acids is 1. The van der Waals surface area contributed by atoms with Crippen LogP contribution >= 0.6 is 0 Å². The number of sulfone groups is 1. The van der Waals surface area contributed by atoms with Gasteiger partial charge in [0.2, 0.25) is 9.84 Å². The number of nitrogens with two attached hydrogens (primary N) is 1. The highest BCUT2D eigenvalue weighted by Crippen LogP contribution is 2.36. The molecule has 1 aliphatic rings. The van der Waals surface area contributed by atoms with Gasteiger partial charge in [0.15, 0.2) is 0 Å². The van der Waals surface area contributed by atoms with Gasteiger partial charge in [-0.2, -0.15) is 13.2 Å². The minimum Gasteiger partial charge on any atom is -0.422 e. The van der Waals surface area contributed by atoms with Crippen molar-refractivity contribution in [1.29, 1.82) is 0 Å². The van der Waals surface area contributed by atoms with Crippen LogP contribution in [-0.2, 0) is 20.8 Å². The summed E-state index contributed by atoms with van der Waals surface area (Å²) in [5, 5.41) is -0.0776. The molecular formula is C12H8F3NO4S. The topological polar surface area (TPSA) is 86.5 Å². The zero-order valence-corrected chi connectivity index (χ0v) is 11.0. The highest BCUT2D eigenvalue weighted by Gasteiger charge is 2.35. The van der Waals surface area contributed by atoms with E-state index in [1.807, 2.05) is 0 Å². The summed E-state index contributed by atoms with van der Waals surface area (Å²) in [6, 6.07) is 4.07. The van der Waals surface area contributed by atoms with E-state index in [0.29, 0.717) is 5.41 Å². The molecule has 21 heavy (non-hydrogen) atoms. The van der Waals surface area contributed by atoms with Crippen molar-refractivity contribution in [2.75, 3.05) is 0 Å². The van der Waals surface area contributed by atoms with Gasteiger partial charge in [-0.3, -0.25) is 0 Å². The molecule has 0 saturated heterocycles. The predicted octanol–water partition coefficient (Wildman–Crippen LogP) is 1.72. The summed E-state index contributed by atoms with van der Waals surface area (Å²) in [6.07, 6.45) is -3.84. The number of rotatable bonds is 2. The monoisotopic (exact) mass is 319 g/mol. The van der Waals surface area contributed by atoms with Gasteiger partial charge in [0.05, 0.1) is 11.1 Å². The molecule has 9 heteroatoms. The molecule has 0 aliphatic carbocycles. The van der Waals surface area contributed by atoms with Crippen molar-refractivity contribution in [2.24, 2.45) is 5.73 Å². The zero-order chi connectivity index (χ0) is 15.8. The lowest BCUT2D eigenvalue weighted by atomic mass is 10.2. The molecule has 0 fully saturated rings. The Hall–Kier alpha value is -2.29. The van der Waals surface area contributed by atoms with Crippen LogP contribution in [0.1, 0.15) is 5.56 Å². The van der Waals surface area contributed by atoms with E-state index in [-0.39, 0.29) is 0 Å². The van der Waals surface area contributed by atoms with Crippen LogP contribution in [0.5, 0.6) is 5.75 Å². The fraction of sp³-hybridized carbons (Fsp3) is 0.0833. The third kappa shape index (κ3) is 2.92. The van der Waals surface area contributed by atoms with Crippen molar-refractivity contribution in [3.8, 4) is 5.75 Å². The average Bonchev–Trinajstić information content (AvgIpc) is 2.64. The van der Waals surface area contributed by atoms with Gasteiger partial charge < -0.3 is 10.5 Å². The van der Waals surface area contributed by atoms with E-state index in [0.717, 1.165) is 24.3 Å². The van der Waals surface area contributed by atoms with Crippen LogP contribution in [0, 0.1) is 0 Å². The highest BCUT2D eigenvalue weighted by atomic mass is 32.2. The summed E-state index contributed by atoms with van der Waals surface area (Å²) in [4.78, 5) is 11.7. The van der Waals surface area contributed by atoms with Crippen LogP contribution in [0.25, 0.3) is 0 Å². The predicted molar refractivity (Wildman–Crippen MR) is 66.4 cm³/mol. The maximum Gasteiger partial charge on any atom is 0.419 e. The number of esters is 1. The summed E-state index contributed by atoms with van der Waals surface area (Å²) in [5.74, 6) is -2.01. The van der Waals surface area contributed by atoms with Crippen molar-refractivity contribution >= 4 is 15.8 Å². The number of hydrogen-bond donors (Lipinski definition) is 1. The molecule has 0 unspecified atom stereocenters. The summed E-state index contributed by atoms with van der Waals surface area (Å²) < 4.78 is 65.4. The third-order valence-electron chi connectivity index (χ3n) is 2.60. The lowest BCUT2D eigenvalue weighted by molar-refractivity contribution is -0.141. The highest BCUT2D eigenvalue weighted by molar-refractivity contribution is 7.98. The summed E-state index contributed by atoms with van der Waals surface area (Å²) in [6.45, 7) is 0. The second-order valence-electron chi connectivity index (χ2n) is 4.01. The molecule has 5 nitrogen and oxygen atoms in total. The molecule has 1 aromatic carbocycles. The van der Waals surface area contributed by atoms with E-state index in [4.69, 9.17) is 5.73 Å². The first-order valence-corrected chi connectivity index (χ1v) is 6.99. The number of alkyl halides is 3. The zero-order valence-electron chi connectivity index (χ0n) is 10.2. The van der Waals surface area contributed by atoms with E-state index in [9.17, 15) is 26.4 Å². The molecule has 1 aliphatic heterocycles. The van der Waals surface area contributed by atoms with Gasteiger partial charge in [-0.15, -0.1) is 0 Å². The van der Waals surface area contributed by atoms with E-state index >= 15 is 0 Å². The molecule has 0 radical (unpaired) electrons. The van der Waals surface area contributed by atoms with Crippen LogP contribution in [0.3, 0.4) is 0 Å². The van der Waals surface area contributed by atoms with Gasteiger partial charge in [0.1, 0.15) is 10.8 Å². The summed E-state index contributed by atoms with van der Waals surface area (Å²) in [7, 11) is -3.90. The summed E-state index contributed by atoms with van der Waals surface area (Å²) >= 11 is 0. The summed E-state index contributed by atoms with van der Waals surface area (Å²) in [5.41, 5.74) is 3.58. The molecule has 0 amide bonds. The number of hydrogen-bond acceptors (Lipinski definition) is 5. The number of carbonyl (C=O) groups is 1. The van der Waals surface area contributed by atoms with Gasteiger partial charge in [-0.1, -0.05) is 12.1 Å². The van der Waals surface area contributed by atoms with Crippen molar-refractivity contribution in [1.82, 2.24) is 0 Å². The Labute approximate surface area is 117 Å². The van der Waals surface area contributed by atoms with Crippen LogP contribution < -0.4 is 10.5 Å². The Morgan fingerprint density at radius 2 is 1.81 bits per heavy atom. The van der Waals surface area contributed by atoms with Gasteiger partial charge in [-0.25, -0.2) is 13.2 Å². The molecule has 0 atom stereocenters. The Bertz CT molecular complexity index is 763. The van der Waals surface area contributed by atoms with Crippen molar-refractivity contribution in [2.45, 2.75) is 6.18 Å². The number of para-hydroxylation sites is 1. The molecule has 1 aromatic rings. The maximum atomic E-state index is 12.7. The first-order valence-electron chi connectivity index (χ1n) is 5.44. The molecule has 0 aromatic heterocycles. The molecule has 112 valence electrons. The molecule has 0 bridgehead atoms. The fourth-order valence-electron chi connectivity index (χ4n) is 1.58. The fourth-order valence-corrected chi connectivity index (χ4v) is 2.50. The smallest absolute Gasteiger partial charge is 0.419 e. The second kappa shape index (κ2) is 4.92. The Kier molecular flexibility index (Phi) is 3.54. The van der Waals surface area contributed by atoms with Gasteiger partial charge >= 0.3 is 12.1 Å². The molecule has 2 rings (SSSR count). The molecule has 1 heterocycles. The van der Waals surface area contributed by atoms with E-state index in [2.05, 4.69) is 4.74 Å². The van der Waals surface area contributed by atoms with Gasteiger partial charge in [0, 0.05) is 5.41 Å². The van der Waals surface area contributed by atoms with Crippen LogP contribution in [0.2, 0.25) is 0 Å². The van der Waals surface area contributed by atoms with Crippen molar-refractivity contribution in [3.63, 3.8) is 0 Å². The molecule has 0 spiro atoms. The van der Waals surface area contributed by atoms with Gasteiger partial charge in [0.25, 0.3) is 0 Å². The van der Waals surface area contributed by atoms with Crippen LogP contribution in [0.4, 0.5) is 13.2 Å². The largest absolute Gasteiger partial charge is 0.422 e. The van der Waals surface area contributed by atoms with Crippen LogP contribution in [-0.4, -0.2) is 14.4 Å². The standard InChI is InChI=1S/C12H8F3NO4S/c13-12(14,15)8-3-1-2-4-9(8)20-11(17)7-5-6-21(18,19)10(7)16/h1-6H,16H2. The molecule has 0 saturated carbocycles. The molecular weight excluding hydrogens is 311 g/mol. The second-order valence-corrected chi connectivity index (χ2v) is 5.81. The van der Waals surface area contributed by atoms with Crippen molar-refractivity contribution < 1.29 is 31.1 Å². The lowest BCUT2D eigenvalue weighted by Crippen LogP contribution is -2.18. The number of benzene rings is 1. The average molecular weight is 319 g/mol. The minimum absolute atomic E-state index is 0.507. The molecule has 2 N–H and O–H groups in total. The number of halogens is 3. The first kappa shape index (κ1) is 15.1. The van der Waals surface area contributed by atoms with E-state index in [1.54, 1.807) is 0 Å². The maximum absolute atomic E-state index is 12.7. The SMILES string of the molecule is NC1=C(C(=O)Oc2ccccc2C(F)(F)F)C=CS1(=O)=O. The van der Waals surface area contributed by atoms with Crippen molar-refractivity contribution in [3.05, 3.63) is 51.9 Å². The Morgan fingerprint density at radius 1 is 1.19 bits per heavy atom. The minimum atomic E-state index is -4.71. The quantitative estimate of drug-likeness (QED) is 0.662. The Morgan fingerprint density at radius 3 is 2.33 bits per heavy atom. The van der Waals surface area contributed by atoms with E-state index < -0.39 is 43.9 Å². The van der Waals surface area contributed by atoms with Gasteiger partial charge in [-0.05, 0) is 18.2 Å². The first-order chi connectivity index (χ1) is 9.63.